The molecule has 7 heteroatoms. The van der Waals surface area contributed by atoms with Crippen molar-refractivity contribution >= 4 is 5.91 Å². The van der Waals surface area contributed by atoms with Gasteiger partial charge in [-0.2, -0.15) is 13.2 Å². The largest absolute Gasteiger partial charge is 0.402 e. The highest BCUT2D eigenvalue weighted by Gasteiger charge is 2.62. The fraction of sp³-hybridized carbons (Fsp3) is 0.400. The molecule has 4 nitrogen and oxygen atoms in total. The molecule has 2 rings (SSSR count). The minimum atomic E-state index is -4.50. The molecular weight excluding hydrogens is 237 g/mol. The highest BCUT2D eigenvalue weighted by atomic mass is 19.4. The number of amides is 1. The number of nitrogens with zero attached hydrogens (tertiary/aromatic N) is 1. The third kappa shape index (κ3) is 1.66. The van der Waals surface area contributed by atoms with Gasteiger partial charge in [0.15, 0.2) is 0 Å². The summed E-state index contributed by atoms with van der Waals surface area (Å²) >= 11 is 0. The summed E-state index contributed by atoms with van der Waals surface area (Å²) in [5, 5.41) is 0. The van der Waals surface area contributed by atoms with Crippen LogP contribution in [0.4, 0.5) is 13.2 Å². The van der Waals surface area contributed by atoms with Gasteiger partial charge in [-0.15, -0.1) is 0 Å². The van der Waals surface area contributed by atoms with Crippen molar-refractivity contribution in [3.05, 3.63) is 29.6 Å². The molecule has 0 saturated carbocycles. The van der Waals surface area contributed by atoms with E-state index in [-0.39, 0.29) is 11.3 Å². The Morgan fingerprint density at radius 1 is 1.47 bits per heavy atom. The summed E-state index contributed by atoms with van der Waals surface area (Å²) in [6, 6.07) is 2.55. The quantitative estimate of drug-likeness (QED) is 0.846. The number of nitrogens with two attached hydrogens (primary N) is 1. The number of rotatable bonds is 2. The van der Waals surface area contributed by atoms with Crippen LogP contribution in [-0.4, -0.2) is 30.3 Å². The zero-order valence-electron chi connectivity index (χ0n) is 8.62. The van der Waals surface area contributed by atoms with E-state index >= 15 is 0 Å². The molecule has 1 saturated heterocycles. The van der Waals surface area contributed by atoms with Crippen LogP contribution in [0.25, 0.3) is 0 Å². The van der Waals surface area contributed by atoms with Crippen LogP contribution in [-0.2, 0) is 10.2 Å². The minimum absolute atomic E-state index is 0.216. The summed E-state index contributed by atoms with van der Waals surface area (Å²) in [5.41, 5.74) is 2.29. The summed E-state index contributed by atoms with van der Waals surface area (Å²) in [5.74, 6) is -0.976. The first-order valence-electron chi connectivity index (χ1n) is 4.78. The molecule has 1 aliphatic rings. The highest BCUT2D eigenvalue weighted by molar-refractivity contribution is 5.92. The Kier molecular flexibility index (Phi) is 2.57. The van der Waals surface area contributed by atoms with Crippen LogP contribution in [0.5, 0.6) is 0 Å². The van der Waals surface area contributed by atoms with Gasteiger partial charge in [-0.25, -0.2) is 0 Å². The topological polar surface area (TPSA) is 65.2 Å². The molecule has 2 N–H and O–H groups in total. The van der Waals surface area contributed by atoms with Crippen LogP contribution in [0.1, 0.15) is 16.1 Å². The highest BCUT2D eigenvalue weighted by Crippen LogP contribution is 2.47. The van der Waals surface area contributed by atoms with E-state index in [9.17, 15) is 18.0 Å². The van der Waals surface area contributed by atoms with E-state index in [2.05, 4.69) is 9.72 Å². The number of carbonyl (C=O) groups excluding carboxylic acids is 1. The van der Waals surface area contributed by atoms with Crippen LogP contribution >= 0.6 is 0 Å². The van der Waals surface area contributed by atoms with E-state index in [1.807, 2.05) is 0 Å². The van der Waals surface area contributed by atoms with Crippen LogP contribution in [0.3, 0.4) is 0 Å². The van der Waals surface area contributed by atoms with Crippen LogP contribution < -0.4 is 5.73 Å². The SMILES string of the molecule is NC(=O)c1ncccc1C1(C(F)(F)F)COC1. The van der Waals surface area contributed by atoms with Gasteiger partial charge in [-0.3, -0.25) is 9.78 Å². The molecule has 17 heavy (non-hydrogen) atoms. The second-order valence-corrected chi connectivity index (χ2v) is 3.84. The summed E-state index contributed by atoms with van der Waals surface area (Å²) in [4.78, 5) is 14.7. The van der Waals surface area contributed by atoms with Crippen LogP contribution in [0.15, 0.2) is 18.3 Å². The number of hydrogen-bond donors (Lipinski definition) is 1. The molecule has 0 radical (unpaired) electrons. The predicted molar refractivity (Wildman–Crippen MR) is 51.3 cm³/mol. The molecule has 92 valence electrons. The third-order valence-corrected chi connectivity index (χ3v) is 2.80. The molecule has 1 aromatic rings. The second-order valence-electron chi connectivity index (χ2n) is 3.84. The molecule has 0 aliphatic carbocycles. The number of aromatic nitrogens is 1. The fourth-order valence-corrected chi connectivity index (χ4v) is 1.77. The summed E-state index contributed by atoms with van der Waals surface area (Å²) < 4.78 is 43.7. The smallest absolute Gasteiger partial charge is 0.379 e. The second kappa shape index (κ2) is 3.69. The average Bonchev–Trinajstić information content (AvgIpc) is 2.14. The summed E-state index contributed by atoms with van der Waals surface area (Å²) in [6.07, 6.45) is -3.27. The van der Waals surface area contributed by atoms with Gasteiger partial charge in [0.05, 0.1) is 13.2 Å². The van der Waals surface area contributed by atoms with E-state index in [4.69, 9.17) is 5.73 Å². The van der Waals surface area contributed by atoms with Gasteiger partial charge in [0.2, 0.25) is 0 Å². The Hall–Kier alpha value is -1.63. The lowest BCUT2D eigenvalue weighted by molar-refractivity contribution is -0.262. The molecule has 0 bridgehead atoms. The number of pyridine rings is 1. The number of carbonyl (C=O) groups is 1. The lowest BCUT2D eigenvalue weighted by Gasteiger charge is -2.43. The van der Waals surface area contributed by atoms with E-state index < -0.39 is 30.7 Å². The van der Waals surface area contributed by atoms with Crippen molar-refractivity contribution in [2.75, 3.05) is 13.2 Å². The van der Waals surface area contributed by atoms with Crippen molar-refractivity contribution in [3.8, 4) is 0 Å². The number of alkyl halides is 3. The van der Waals surface area contributed by atoms with E-state index in [0.717, 1.165) is 0 Å². The summed E-state index contributed by atoms with van der Waals surface area (Å²) in [6.45, 7) is -1.02. The van der Waals surface area contributed by atoms with Gasteiger partial charge in [0, 0.05) is 11.8 Å². The van der Waals surface area contributed by atoms with Gasteiger partial charge in [0.25, 0.3) is 5.91 Å². The first kappa shape index (κ1) is 11.8. The molecule has 0 unspecified atom stereocenters. The average molecular weight is 246 g/mol. The Morgan fingerprint density at radius 3 is 2.53 bits per heavy atom. The molecule has 2 heterocycles. The molecule has 0 spiro atoms. The van der Waals surface area contributed by atoms with Gasteiger partial charge >= 0.3 is 6.18 Å². The van der Waals surface area contributed by atoms with Crippen molar-refractivity contribution in [1.29, 1.82) is 0 Å². The molecule has 1 aliphatic heterocycles. The number of primary amides is 1. The van der Waals surface area contributed by atoms with Crippen LogP contribution in [0.2, 0.25) is 0 Å². The van der Waals surface area contributed by atoms with Crippen molar-refractivity contribution < 1.29 is 22.7 Å². The van der Waals surface area contributed by atoms with Crippen LogP contribution in [0, 0.1) is 0 Å². The van der Waals surface area contributed by atoms with Gasteiger partial charge < -0.3 is 10.5 Å². The Balaban J connectivity index is 2.56. The first-order chi connectivity index (χ1) is 7.88. The van der Waals surface area contributed by atoms with Crippen molar-refractivity contribution in [2.24, 2.45) is 5.73 Å². The van der Waals surface area contributed by atoms with Gasteiger partial charge in [-0.1, -0.05) is 6.07 Å². The first-order valence-corrected chi connectivity index (χ1v) is 4.78. The number of ether oxygens (including phenoxy) is 1. The van der Waals surface area contributed by atoms with Gasteiger partial charge in [-0.05, 0) is 6.07 Å². The maximum Gasteiger partial charge on any atom is 0.402 e. The number of hydrogen-bond acceptors (Lipinski definition) is 3. The Labute approximate surface area is 94.6 Å². The summed E-state index contributed by atoms with van der Waals surface area (Å²) in [7, 11) is 0. The Morgan fingerprint density at radius 2 is 2.12 bits per heavy atom. The van der Waals surface area contributed by atoms with Crippen molar-refractivity contribution in [3.63, 3.8) is 0 Å². The maximum absolute atomic E-state index is 13.0. The van der Waals surface area contributed by atoms with E-state index in [0.29, 0.717) is 0 Å². The molecule has 1 fully saturated rings. The fourth-order valence-electron chi connectivity index (χ4n) is 1.77. The lowest BCUT2D eigenvalue weighted by atomic mass is 9.77. The van der Waals surface area contributed by atoms with Crippen molar-refractivity contribution in [1.82, 2.24) is 4.98 Å². The standard InChI is InChI=1S/C10H9F3N2O2/c11-10(12,13)9(4-17-5-9)6-2-1-3-15-7(6)8(14)16/h1-3H,4-5H2,(H2,14,16). The van der Waals surface area contributed by atoms with E-state index in [1.54, 1.807) is 0 Å². The molecule has 0 atom stereocenters. The van der Waals surface area contributed by atoms with E-state index in [1.165, 1.54) is 18.3 Å². The van der Waals surface area contributed by atoms with Crippen molar-refractivity contribution in [2.45, 2.75) is 11.6 Å². The predicted octanol–water partition coefficient (Wildman–Crippen LogP) is 1.01. The monoisotopic (exact) mass is 246 g/mol. The Bertz CT molecular complexity index is 455. The minimum Gasteiger partial charge on any atom is -0.379 e. The zero-order chi connectivity index (χ0) is 12.7. The molecule has 1 amide bonds. The molecule has 1 aromatic heterocycles. The zero-order valence-corrected chi connectivity index (χ0v) is 8.62. The third-order valence-electron chi connectivity index (χ3n) is 2.80. The maximum atomic E-state index is 13.0. The normalized spacial score (nSPS) is 18.5. The number of halogens is 3. The molecular formula is C10H9F3N2O2. The lowest BCUT2D eigenvalue weighted by Crippen LogP contribution is -2.58. The molecule has 0 aromatic carbocycles. The van der Waals surface area contributed by atoms with Gasteiger partial charge in [0.1, 0.15) is 11.1 Å².